The third kappa shape index (κ3) is 1.85. The molecule has 76 valence electrons. The molecule has 0 saturated heterocycles. The van der Waals surface area contributed by atoms with Gasteiger partial charge in [0.1, 0.15) is 5.75 Å². The van der Waals surface area contributed by atoms with Gasteiger partial charge < -0.3 is 5.11 Å². The summed E-state index contributed by atoms with van der Waals surface area (Å²) in [5, 5.41) is 9.11. The van der Waals surface area contributed by atoms with E-state index in [2.05, 4.69) is 6.58 Å². The van der Waals surface area contributed by atoms with Gasteiger partial charge >= 0.3 is 6.18 Å². The number of halogens is 4. The Morgan fingerprint density at radius 2 is 1.93 bits per heavy atom. The molecule has 0 radical (unpaired) electrons. The van der Waals surface area contributed by atoms with Crippen molar-refractivity contribution >= 4 is 17.7 Å². The lowest BCUT2D eigenvalue weighted by atomic mass is 10.1. The number of phenols is 1. The van der Waals surface area contributed by atoms with E-state index >= 15 is 0 Å². The number of phenolic OH excluding ortho intramolecular Hbond substituents is 1. The van der Waals surface area contributed by atoms with Gasteiger partial charge in [-0.3, -0.25) is 0 Å². The van der Waals surface area contributed by atoms with Crippen molar-refractivity contribution in [3.05, 3.63) is 34.9 Å². The first-order valence-corrected chi connectivity index (χ1v) is 3.97. The average Bonchev–Trinajstić information content (AvgIpc) is 2.07. The molecule has 0 aliphatic carbocycles. The Labute approximate surface area is 83.4 Å². The predicted molar refractivity (Wildman–Crippen MR) is 48.2 cm³/mol. The summed E-state index contributed by atoms with van der Waals surface area (Å²) in [6, 6.07) is 1.80. The molecule has 1 aromatic rings. The van der Waals surface area contributed by atoms with Crippen LogP contribution in [-0.4, -0.2) is 5.11 Å². The van der Waals surface area contributed by atoms with Gasteiger partial charge in [0.2, 0.25) is 0 Å². The van der Waals surface area contributed by atoms with Crippen molar-refractivity contribution in [2.24, 2.45) is 0 Å². The number of alkyl halides is 3. The molecule has 0 aromatic heterocycles. The molecule has 5 heteroatoms. The summed E-state index contributed by atoms with van der Waals surface area (Å²) in [5.74, 6) is -0.600. The van der Waals surface area contributed by atoms with Crippen LogP contribution < -0.4 is 0 Å². The van der Waals surface area contributed by atoms with Crippen molar-refractivity contribution in [2.75, 3.05) is 0 Å². The number of benzene rings is 1. The van der Waals surface area contributed by atoms with Crippen LogP contribution in [0.1, 0.15) is 11.1 Å². The van der Waals surface area contributed by atoms with Gasteiger partial charge in [-0.25, -0.2) is 0 Å². The SMILES string of the molecule is C=Cc1c(C(F)(F)F)ccc(Cl)c1O. The standard InChI is InChI=1S/C9H6ClF3O/c1-2-5-6(9(11,12)13)3-4-7(10)8(5)14/h2-4,14H,1H2. The van der Waals surface area contributed by atoms with Crippen molar-refractivity contribution in [3.8, 4) is 5.75 Å². The Morgan fingerprint density at radius 3 is 2.36 bits per heavy atom. The summed E-state index contributed by atoms with van der Waals surface area (Å²) in [6.45, 7) is 3.19. The maximum atomic E-state index is 12.3. The van der Waals surface area contributed by atoms with E-state index < -0.39 is 23.1 Å². The van der Waals surface area contributed by atoms with Gasteiger partial charge in [0, 0.05) is 5.56 Å². The maximum Gasteiger partial charge on any atom is 0.417 e. The van der Waals surface area contributed by atoms with Crippen LogP contribution in [0.2, 0.25) is 5.02 Å². The number of rotatable bonds is 1. The van der Waals surface area contributed by atoms with Crippen molar-refractivity contribution < 1.29 is 18.3 Å². The van der Waals surface area contributed by atoms with E-state index in [1.807, 2.05) is 0 Å². The highest BCUT2D eigenvalue weighted by Gasteiger charge is 2.34. The van der Waals surface area contributed by atoms with E-state index in [1.54, 1.807) is 0 Å². The van der Waals surface area contributed by atoms with Gasteiger partial charge in [0.25, 0.3) is 0 Å². The second kappa shape index (κ2) is 3.53. The van der Waals surface area contributed by atoms with Crippen LogP contribution in [0.3, 0.4) is 0 Å². The Kier molecular flexibility index (Phi) is 2.76. The molecule has 1 nitrogen and oxygen atoms in total. The van der Waals surface area contributed by atoms with E-state index in [0.717, 1.165) is 18.2 Å². The Hall–Kier alpha value is -1.16. The van der Waals surface area contributed by atoms with Gasteiger partial charge in [-0.05, 0) is 12.1 Å². The summed E-state index contributed by atoms with van der Waals surface area (Å²) in [5.41, 5.74) is -1.35. The first-order chi connectivity index (χ1) is 6.38. The lowest BCUT2D eigenvalue weighted by Crippen LogP contribution is -2.07. The molecule has 0 fully saturated rings. The first-order valence-electron chi connectivity index (χ1n) is 3.59. The first kappa shape index (κ1) is 10.9. The van der Waals surface area contributed by atoms with E-state index in [1.165, 1.54) is 0 Å². The Balaban J connectivity index is 3.47. The smallest absolute Gasteiger partial charge is 0.417 e. The van der Waals surface area contributed by atoms with Crippen LogP contribution >= 0.6 is 11.6 Å². The van der Waals surface area contributed by atoms with Crippen LogP contribution in [0.4, 0.5) is 13.2 Å². The van der Waals surface area contributed by atoms with Gasteiger partial charge in [-0.15, -0.1) is 0 Å². The van der Waals surface area contributed by atoms with Crippen LogP contribution in [0, 0.1) is 0 Å². The zero-order valence-electron chi connectivity index (χ0n) is 6.90. The summed E-state index contributed by atoms with van der Waals surface area (Å²) < 4.78 is 37.0. The fourth-order valence-corrected chi connectivity index (χ4v) is 1.20. The summed E-state index contributed by atoms with van der Waals surface area (Å²) in [4.78, 5) is 0. The highest BCUT2D eigenvalue weighted by molar-refractivity contribution is 6.32. The third-order valence-corrected chi connectivity index (χ3v) is 1.98. The second-order valence-corrected chi connectivity index (χ2v) is 2.97. The zero-order valence-corrected chi connectivity index (χ0v) is 7.65. The topological polar surface area (TPSA) is 20.2 Å². The molecule has 1 rings (SSSR count). The Morgan fingerprint density at radius 1 is 1.36 bits per heavy atom. The Bertz CT molecular complexity index is 371. The van der Waals surface area contributed by atoms with E-state index in [4.69, 9.17) is 11.6 Å². The van der Waals surface area contributed by atoms with Gasteiger partial charge in [0.15, 0.2) is 0 Å². The maximum absolute atomic E-state index is 12.3. The fourth-order valence-electron chi connectivity index (χ4n) is 1.04. The van der Waals surface area contributed by atoms with Crippen molar-refractivity contribution in [1.29, 1.82) is 0 Å². The molecule has 1 aromatic carbocycles. The fraction of sp³-hybridized carbons (Fsp3) is 0.111. The molecule has 1 N–H and O–H groups in total. The summed E-state index contributed by atoms with van der Waals surface area (Å²) in [6.07, 6.45) is -3.60. The number of hydrogen-bond donors (Lipinski definition) is 1. The predicted octanol–water partition coefficient (Wildman–Crippen LogP) is 3.71. The zero-order chi connectivity index (χ0) is 10.9. The normalized spacial score (nSPS) is 11.4. The molecule has 0 aliphatic heterocycles. The molecule has 0 saturated carbocycles. The average molecular weight is 223 g/mol. The van der Waals surface area contributed by atoms with Crippen molar-refractivity contribution in [1.82, 2.24) is 0 Å². The van der Waals surface area contributed by atoms with Crippen LogP contribution in [0.5, 0.6) is 5.75 Å². The molecule has 0 heterocycles. The lowest BCUT2D eigenvalue weighted by molar-refractivity contribution is -0.137. The molecule has 0 bridgehead atoms. The molecular formula is C9H6ClF3O. The number of aromatic hydroxyl groups is 1. The highest BCUT2D eigenvalue weighted by atomic mass is 35.5. The minimum absolute atomic E-state index is 0.132. The minimum Gasteiger partial charge on any atom is -0.506 e. The second-order valence-electron chi connectivity index (χ2n) is 2.56. The van der Waals surface area contributed by atoms with Crippen molar-refractivity contribution in [2.45, 2.75) is 6.18 Å². The van der Waals surface area contributed by atoms with Gasteiger partial charge in [0.05, 0.1) is 10.6 Å². The van der Waals surface area contributed by atoms with E-state index in [-0.39, 0.29) is 5.02 Å². The largest absolute Gasteiger partial charge is 0.506 e. The van der Waals surface area contributed by atoms with Gasteiger partial charge in [-0.2, -0.15) is 13.2 Å². The molecule has 0 amide bonds. The van der Waals surface area contributed by atoms with Crippen LogP contribution in [-0.2, 0) is 6.18 Å². The molecule has 0 aliphatic rings. The third-order valence-electron chi connectivity index (χ3n) is 1.68. The summed E-state index contributed by atoms with van der Waals surface area (Å²) in [7, 11) is 0. The van der Waals surface area contributed by atoms with E-state index in [0.29, 0.717) is 0 Å². The minimum atomic E-state index is -4.52. The van der Waals surface area contributed by atoms with Crippen LogP contribution in [0.25, 0.3) is 6.08 Å². The number of hydrogen-bond acceptors (Lipinski definition) is 1. The molecule has 0 atom stereocenters. The van der Waals surface area contributed by atoms with Crippen molar-refractivity contribution in [3.63, 3.8) is 0 Å². The molecule has 14 heavy (non-hydrogen) atoms. The lowest BCUT2D eigenvalue weighted by Gasteiger charge is -2.12. The molecular weight excluding hydrogens is 217 g/mol. The molecule has 0 unspecified atom stereocenters. The van der Waals surface area contributed by atoms with Crippen LogP contribution in [0.15, 0.2) is 18.7 Å². The highest BCUT2D eigenvalue weighted by Crippen LogP contribution is 2.39. The monoisotopic (exact) mass is 222 g/mol. The molecule has 0 spiro atoms. The quantitative estimate of drug-likeness (QED) is 0.768. The van der Waals surface area contributed by atoms with E-state index in [9.17, 15) is 18.3 Å². The summed E-state index contributed by atoms with van der Waals surface area (Å²) >= 11 is 5.45. The van der Waals surface area contributed by atoms with Gasteiger partial charge in [-0.1, -0.05) is 24.3 Å².